The van der Waals surface area contributed by atoms with Crippen LogP contribution >= 0.6 is 0 Å². The fourth-order valence-electron chi connectivity index (χ4n) is 7.74. The summed E-state index contributed by atoms with van der Waals surface area (Å²) in [6.07, 6.45) is 9.39. The second-order valence-electron chi connectivity index (χ2n) is 12.3. The smallest absolute Gasteiger partial charge is 0.245 e. The number of nitrogens with one attached hydrogen (secondary N) is 1. The van der Waals surface area contributed by atoms with Crippen LogP contribution in [0, 0.1) is 26.2 Å². The third kappa shape index (κ3) is 3.72. The summed E-state index contributed by atoms with van der Waals surface area (Å²) < 4.78 is 2.05. The number of pyridine rings is 1. The third-order valence-corrected chi connectivity index (χ3v) is 9.70. The van der Waals surface area contributed by atoms with Gasteiger partial charge >= 0.3 is 0 Å². The normalized spacial score (nSPS) is 19.8. The predicted octanol–water partition coefficient (Wildman–Crippen LogP) is 4.78. The molecule has 1 atom stereocenters. The van der Waals surface area contributed by atoms with E-state index >= 15 is 0 Å². The van der Waals surface area contributed by atoms with E-state index in [1.807, 2.05) is 22.0 Å². The van der Waals surface area contributed by atoms with Crippen molar-refractivity contribution < 1.29 is 4.79 Å². The first kappa shape index (κ1) is 25.1. The molecule has 40 heavy (non-hydrogen) atoms. The van der Waals surface area contributed by atoms with Gasteiger partial charge in [-0.1, -0.05) is 18.7 Å². The molecule has 2 fully saturated rings. The number of hydrogen-bond acceptors (Lipinski definition) is 5. The fraction of sp³-hybridized carbons (Fsp3) is 0.438. The van der Waals surface area contributed by atoms with E-state index in [0.717, 1.165) is 68.6 Å². The van der Waals surface area contributed by atoms with Crippen LogP contribution in [-0.4, -0.2) is 61.9 Å². The topological polar surface area (TPSA) is 82.9 Å². The average molecular weight is 536 g/mol. The van der Waals surface area contributed by atoms with E-state index in [0.29, 0.717) is 5.92 Å². The lowest BCUT2D eigenvalue weighted by Gasteiger charge is -2.47. The molecule has 1 aliphatic carbocycles. The van der Waals surface area contributed by atoms with Gasteiger partial charge in [-0.15, -0.1) is 0 Å². The van der Waals surface area contributed by atoms with Gasteiger partial charge in [0.15, 0.2) is 0 Å². The molecule has 8 nitrogen and oxygen atoms in total. The molecular weight excluding hydrogens is 498 g/mol. The summed E-state index contributed by atoms with van der Waals surface area (Å²) >= 11 is 0. The lowest BCUT2D eigenvalue weighted by molar-refractivity contribution is -0.136. The molecule has 0 saturated carbocycles. The average Bonchev–Trinajstić information content (AvgIpc) is 3.66. The molecule has 4 aromatic rings. The molecule has 0 radical (unpaired) electrons. The van der Waals surface area contributed by atoms with Crippen LogP contribution in [0.1, 0.15) is 52.4 Å². The molecule has 3 aliphatic rings. The maximum absolute atomic E-state index is 12.2. The summed E-state index contributed by atoms with van der Waals surface area (Å²) in [6.45, 7) is 13.8. The van der Waals surface area contributed by atoms with Crippen LogP contribution in [-0.2, 0) is 24.7 Å². The Kier molecular flexibility index (Phi) is 5.67. The molecule has 5 heterocycles. The zero-order chi connectivity index (χ0) is 27.8. The number of H-pyrrole nitrogens is 1. The highest BCUT2D eigenvalue weighted by atomic mass is 16.2. The van der Waals surface area contributed by atoms with Gasteiger partial charge in [0.2, 0.25) is 5.91 Å². The van der Waals surface area contributed by atoms with Crippen LogP contribution in [0.3, 0.4) is 0 Å². The lowest BCUT2D eigenvalue weighted by Crippen LogP contribution is -2.59. The number of likely N-dealkylation sites (tertiary alicyclic amines) is 1. The minimum atomic E-state index is 0.0362. The number of aromatic nitrogens is 5. The van der Waals surface area contributed by atoms with E-state index in [1.165, 1.54) is 50.8 Å². The van der Waals surface area contributed by atoms with E-state index in [9.17, 15) is 4.79 Å². The Morgan fingerprint density at radius 3 is 2.70 bits per heavy atom. The van der Waals surface area contributed by atoms with Crippen molar-refractivity contribution in [2.75, 3.05) is 31.1 Å². The maximum atomic E-state index is 12.2. The van der Waals surface area contributed by atoms with E-state index in [4.69, 9.17) is 4.98 Å². The number of fused-ring (bicyclic) bond motifs is 2. The minimum Gasteiger partial charge on any atom is -0.356 e. The van der Waals surface area contributed by atoms with Crippen LogP contribution in [0.4, 0.5) is 5.82 Å². The number of rotatable bonds is 4. The maximum Gasteiger partial charge on any atom is 0.245 e. The highest BCUT2D eigenvalue weighted by Gasteiger charge is 2.49. The molecule has 0 bridgehead atoms. The zero-order valence-electron chi connectivity index (χ0n) is 23.9. The van der Waals surface area contributed by atoms with Gasteiger partial charge in [0, 0.05) is 66.9 Å². The van der Waals surface area contributed by atoms with Crippen molar-refractivity contribution in [3.8, 4) is 11.1 Å². The first-order valence-corrected chi connectivity index (χ1v) is 14.4. The summed E-state index contributed by atoms with van der Waals surface area (Å²) in [4.78, 5) is 22.0. The number of anilines is 1. The highest BCUT2D eigenvalue weighted by Crippen LogP contribution is 2.47. The molecular formula is C32H37N7O. The van der Waals surface area contributed by atoms with Gasteiger partial charge in [0.1, 0.15) is 5.82 Å². The Labute approximate surface area is 235 Å². The van der Waals surface area contributed by atoms with Crippen LogP contribution in [0.2, 0.25) is 0 Å². The van der Waals surface area contributed by atoms with Gasteiger partial charge in [-0.25, -0.2) is 4.98 Å². The number of nitrogens with zero attached hydrogens (tertiary/aromatic N) is 6. The molecule has 1 spiro atoms. The Morgan fingerprint density at radius 1 is 1.12 bits per heavy atom. The Morgan fingerprint density at radius 2 is 1.95 bits per heavy atom. The van der Waals surface area contributed by atoms with Crippen LogP contribution in [0.25, 0.3) is 22.0 Å². The van der Waals surface area contributed by atoms with E-state index < -0.39 is 0 Å². The summed E-state index contributed by atoms with van der Waals surface area (Å²) in [6, 6.07) is 4.37. The molecule has 1 aromatic carbocycles. The second-order valence-corrected chi connectivity index (χ2v) is 12.3. The largest absolute Gasteiger partial charge is 0.356 e. The summed E-state index contributed by atoms with van der Waals surface area (Å²) in [5.41, 5.74) is 11.5. The lowest BCUT2D eigenvalue weighted by atomic mass is 9.78. The zero-order valence-corrected chi connectivity index (χ0v) is 23.9. The van der Waals surface area contributed by atoms with Crippen molar-refractivity contribution in [2.24, 2.45) is 12.5 Å². The molecule has 3 aromatic heterocycles. The highest BCUT2D eigenvalue weighted by molar-refractivity contribution is 5.98. The molecule has 1 amide bonds. The quantitative estimate of drug-likeness (QED) is 0.380. The summed E-state index contributed by atoms with van der Waals surface area (Å²) in [7, 11) is 2.06. The minimum absolute atomic E-state index is 0.0362. The van der Waals surface area contributed by atoms with Crippen LogP contribution in [0.15, 0.2) is 37.2 Å². The van der Waals surface area contributed by atoms with E-state index in [-0.39, 0.29) is 11.3 Å². The molecule has 8 heteroatoms. The number of carbonyl (C=O) groups is 1. The predicted molar refractivity (Wildman–Crippen MR) is 158 cm³/mol. The Balaban J connectivity index is 1.34. The van der Waals surface area contributed by atoms with Crippen LogP contribution < -0.4 is 4.90 Å². The van der Waals surface area contributed by atoms with Crippen LogP contribution in [0.5, 0.6) is 0 Å². The number of aryl methyl sites for hydroxylation is 3. The molecule has 2 aliphatic heterocycles. The molecule has 206 valence electrons. The van der Waals surface area contributed by atoms with Gasteiger partial charge in [-0.2, -0.15) is 10.2 Å². The Hall–Kier alpha value is -3.94. The van der Waals surface area contributed by atoms with Crippen molar-refractivity contribution in [2.45, 2.75) is 52.4 Å². The molecule has 2 saturated heterocycles. The number of amides is 1. The molecule has 7 rings (SSSR count). The van der Waals surface area contributed by atoms with Gasteiger partial charge in [-0.3, -0.25) is 14.6 Å². The van der Waals surface area contributed by atoms with Gasteiger partial charge < -0.3 is 9.80 Å². The van der Waals surface area contributed by atoms with Gasteiger partial charge in [0.25, 0.3) is 0 Å². The second kappa shape index (κ2) is 9.04. The first-order valence-electron chi connectivity index (χ1n) is 14.4. The van der Waals surface area contributed by atoms with Crippen molar-refractivity contribution in [3.63, 3.8) is 0 Å². The third-order valence-electron chi connectivity index (χ3n) is 9.70. The monoisotopic (exact) mass is 535 g/mol. The number of benzene rings is 1. The number of aromatic amines is 1. The fourth-order valence-corrected chi connectivity index (χ4v) is 7.74. The Bertz CT molecular complexity index is 1650. The molecule has 0 unspecified atom stereocenters. The molecule has 1 N–H and O–H groups in total. The van der Waals surface area contributed by atoms with Crippen molar-refractivity contribution >= 4 is 22.6 Å². The van der Waals surface area contributed by atoms with E-state index in [1.54, 1.807) is 0 Å². The number of carbonyl (C=O) groups excluding carboxylic acids is 1. The van der Waals surface area contributed by atoms with Gasteiger partial charge in [0.05, 0.1) is 17.9 Å². The summed E-state index contributed by atoms with van der Waals surface area (Å²) in [5.74, 6) is 1.53. The summed E-state index contributed by atoms with van der Waals surface area (Å²) in [5, 5.41) is 13.4. The van der Waals surface area contributed by atoms with Gasteiger partial charge in [-0.05, 0) is 80.3 Å². The SMILES string of the molecule is C=CC(=O)N1CC2(CCN(c3nc4c(c(-c5c(C)ccc6cn[nH]c56)c3C)CC[C@@H](c3c(C)cnn3C)C4)C2)C1. The number of hydrogen-bond donors (Lipinski definition) is 1. The van der Waals surface area contributed by atoms with Crippen molar-refractivity contribution in [1.82, 2.24) is 29.9 Å². The van der Waals surface area contributed by atoms with Crippen molar-refractivity contribution in [1.29, 1.82) is 0 Å². The standard InChI is InChI=1S/C32H37N7O/c1-6-26(40)39-17-32(18-39)11-12-38(16-32)31-21(4)28(27-19(2)7-8-23-15-33-36-29(23)27)24-10-9-22(13-25(24)35-31)30-20(3)14-34-37(30)5/h6-8,14-15,22H,1,9-13,16-18H2,2-5H3,(H,33,36)/t22-/m1/s1. The van der Waals surface area contributed by atoms with Crippen molar-refractivity contribution in [3.05, 3.63) is 70.8 Å². The van der Waals surface area contributed by atoms with E-state index in [2.05, 4.69) is 66.7 Å². The first-order chi connectivity index (χ1) is 19.3.